The molecule has 0 bridgehead atoms. The molecular weight excluding hydrogens is 378 g/mol. The molecule has 2 aromatic carbocycles. The Morgan fingerprint density at radius 1 is 0.933 bits per heavy atom. The molecular formula is C24H21N3O3. The summed E-state index contributed by atoms with van der Waals surface area (Å²) in [6.45, 7) is 6.02. The number of hydrogen-bond acceptors (Lipinski definition) is 4. The molecule has 0 spiro atoms. The standard InChI is InChI=1S/C24H21N3O3/c1-14-10-15(2)21(16(3)11-14)27-23(29)19-8-7-17(12-20(19)24(27)30)22(28)26-13-18-6-4-5-9-25-18/h4-12H,13H2,1-3H3,(H,26,28). The van der Waals surface area contributed by atoms with E-state index in [1.165, 1.54) is 11.0 Å². The van der Waals surface area contributed by atoms with Gasteiger partial charge in [-0.15, -0.1) is 0 Å². The Labute approximate surface area is 174 Å². The van der Waals surface area contributed by atoms with E-state index in [0.717, 1.165) is 22.4 Å². The van der Waals surface area contributed by atoms with Crippen molar-refractivity contribution in [1.82, 2.24) is 10.3 Å². The lowest BCUT2D eigenvalue weighted by atomic mass is 10.0. The lowest BCUT2D eigenvalue weighted by Gasteiger charge is -2.20. The molecule has 0 atom stereocenters. The SMILES string of the molecule is Cc1cc(C)c(N2C(=O)c3ccc(C(=O)NCc4ccccn4)cc3C2=O)c(C)c1. The van der Waals surface area contributed by atoms with E-state index >= 15 is 0 Å². The fourth-order valence-corrected chi connectivity index (χ4v) is 3.89. The first-order chi connectivity index (χ1) is 14.4. The molecule has 0 radical (unpaired) electrons. The van der Waals surface area contributed by atoms with Gasteiger partial charge in [0.25, 0.3) is 17.7 Å². The molecule has 6 nitrogen and oxygen atoms in total. The van der Waals surface area contributed by atoms with Gasteiger partial charge in [-0.2, -0.15) is 0 Å². The highest BCUT2D eigenvalue weighted by Gasteiger charge is 2.38. The first kappa shape index (κ1) is 19.5. The number of fused-ring (bicyclic) bond motifs is 1. The Morgan fingerprint density at radius 3 is 2.30 bits per heavy atom. The molecule has 1 aliphatic rings. The molecule has 0 saturated heterocycles. The Bertz CT molecular complexity index is 1160. The smallest absolute Gasteiger partial charge is 0.266 e. The van der Waals surface area contributed by atoms with Gasteiger partial charge in [0, 0.05) is 11.8 Å². The van der Waals surface area contributed by atoms with Crippen molar-refractivity contribution >= 4 is 23.4 Å². The second kappa shape index (κ2) is 7.55. The number of aryl methyl sites for hydroxylation is 3. The molecule has 150 valence electrons. The Hall–Kier alpha value is -3.80. The average Bonchev–Trinajstić information content (AvgIpc) is 2.97. The fraction of sp³-hybridized carbons (Fsp3) is 0.167. The summed E-state index contributed by atoms with van der Waals surface area (Å²) < 4.78 is 0. The van der Waals surface area contributed by atoms with Crippen molar-refractivity contribution in [1.29, 1.82) is 0 Å². The van der Waals surface area contributed by atoms with Gasteiger partial charge < -0.3 is 5.32 Å². The van der Waals surface area contributed by atoms with Crippen molar-refractivity contribution in [3.63, 3.8) is 0 Å². The van der Waals surface area contributed by atoms with Gasteiger partial charge in [0.1, 0.15) is 0 Å². The predicted octanol–water partition coefficient (Wildman–Crippen LogP) is 3.74. The Morgan fingerprint density at radius 2 is 1.63 bits per heavy atom. The molecule has 2 heterocycles. The molecule has 3 amide bonds. The van der Waals surface area contributed by atoms with Crippen LogP contribution >= 0.6 is 0 Å². The Kier molecular flexibility index (Phi) is 4.91. The summed E-state index contributed by atoms with van der Waals surface area (Å²) in [4.78, 5) is 44.0. The first-order valence-corrected chi connectivity index (χ1v) is 9.65. The number of imide groups is 1. The van der Waals surface area contributed by atoms with Crippen molar-refractivity contribution in [2.75, 3.05) is 4.90 Å². The van der Waals surface area contributed by atoms with Crippen LogP contribution in [0.4, 0.5) is 5.69 Å². The number of hydrogen-bond donors (Lipinski definition) is 1. The van der Waals surface area contributed by atoms with Gasteiger partial charge in [-0.3, -0.25) is 19.4 Å². The molecule has 0 unspecified atom stereocenters. The van der Waals surface area contributed by atoms with Crippen molar-refractivity contribution in [2.45, 2.75) is 27.3 Å². The minimum absolute atomic E-state index is 0.241. The van der Waals surface area contributed by atoms with Gasteiger partial charge in [-0.1, -0.05) is 23.8 Å². The number of nitrogens with one attached hydrogen (secondary N) is 1. The quantitative estimate of drug-likeness (QED) is 0.678. The van der Waals surface area contributed by atoms with Crippen LogP contribution in [0.25, 0.3) is 0 Å². The number of anilines is 1. The number of aromatic nitrogens is 1. The van der Waals surface area contributed by atoms with E-state index in [1.54, 1.807) is 24.4 Å². The second-order valence-corrected chi connectivity index (χ2v) is 7.46. The van der Waals surface area contributed by atoms with Gasteiger partial charge in [0.15, 0.2) is 0 Å². The number of amides is 3. The van der Waals surface area contributed by atoms with Crippen molar-refractivity contribution < 1.29 is 14.4 Å². The van der Waals surface area contributed by atoms with Gasteiger partial charge >= 0.3 is 0 Å². The molecule has 4 rings (SSSR count). The highest BCUT2D eigenvalue weighted by molar-refractivity contribution is 6.35. The van der Waals surface area contributed by atoms with Crippen LogP contribution in [0.1, 0.15) is 53.5 Å². The predicted molar refractivity (Wildman–Crippen MR) is 114 cm³/mol. The molecule has 30 heavy (non-hydrogen) atoms. The second-order valence-electron chi connectivity index (χ2n) is 7.46. The van der Waals surface area contributed by atoms with Gasteiger partial charge in [-0.25, -0.2) is 4.90 Å². The van der Waals surface area contributed by atoms with Crippen LogP contribution in [0, 0.1) is 20.8 Å². The van der Waals surface area contributed by atoms with Crippen LogP contribution < -0.4 is 10.2 Å². The third kappa shape index (κ3) is 3.37. The zero-order chi connectivity index (χ0) is 21.4. The number of nitrogens with zero attached hydrogens (tertiary/aromatic N) is 2. The van der Waals surface area contributed by atoms with E-state index in [1.807, 2.05) is 45.0 Å². The number of carbonyl (C=O) groups is 3. The number of rotatable bonds is 4. The molecule has 0 saturated carbocycles. The van der Waals surface area contributed by atoms with Crippen molar-refractivity contribution in [3.05, 3.63) is 93.8 Å². The summed E-state index contributed by atoms with van der Waals surface area (Å²) in [5, 5.41) is 2.79. The number of pyridine rings is 1. The zero-order valence-electron chi connectivity index (χ0n) is 17.0. The van der Waals surface area contributed by atoms with Crippen LogP contribution in [-0.2, 0) is 6.54 Å². The molecule has 3 aromatic rings. The van der Waals surface area contributed by atoms with E-state index in [2.05, 4.69) is 10.3 Å². The van der Waals surface area contributed by atoms with Crippen LogP contribution in [-0.4, -0.2) is 22.7 Å². The summed E-state index contributed by atoms with van der Waals surface area (Å²) in [5.74, 6) is -1.11. The summed E-state index contributed by atoms with van der Waals surface area (Å²) in [7, 11) is 0. The van der Waals surface area contributed by atoms with Crippen LogP contribution in [0.3, 0.4) is 0 Å². The van der Waals surface area contributed by atoms with E-state index < -0.39 is 5.91 Å². The average molecular weight is 399 g/mol. The van der Waals surface area contributed by atoms with Crippen LogP contribution in [0.2, 0.25) is 0 Å². The highest BCUT2D eigenvalue weighted by Crippen LogP contribution is 2.34. The normalized spacial score (nSPS) is 12.8. The maximum atomic E-state index is 13.1. The molecule has 1 N–H and O–H groups in total. The summed E-state index contributed by atoms with van der Waals surface area (Å²) >= 11 is 0. The van der Waals surface area contributed by atoms with Gasteiger partial charge in [0.05, 0.1) is 29.1 Å². The van der Waals surface area contributed by atoms with Crippen molar-refractivity contribution in [2.24, 2.45) is 0 Å². The monoisotopic (exact) mass is 399 g/mol. The third-order valence-corrected chi connectivity index (χ3v) is 5.16. The fourth-order valence-electron chi connectivity index (χ4n) is 3.89. The minimum Gasteiger partial charge on any atom is -0.346 e. The van der Waals surface area contributed by atoms with E-state index in [4.69, 9.17) is 0 Å². The molecule has 0 fully saturated rings. The number of carbonyl (C=O) groups excluding carboxylic acids is 3. The van der Waals surface area contributed by atoms with E-state index in [9.17, 15) is 14.4 Å². The summed E-state index contributed by atoms with van der Waals surface area (Å²) in [5.41, 5.74) is 4.99. The van der Waals surface area contributed by atoms with Gasteiger partial charge in [0.2, 0.25) is 0 Å². The highest BCUT2D eigenvalue weighted by atomic mass is 16.2. The largest absolute Gasteiger partial charge is 0.346 e. The van der Waals surface area contributed by atoms with E-state index in [0.29, 0.717) is 16.8 Å². The maximum absolute atomic E-state index is 13.1. The summed E-state index contributed by atoms with van der Waals surface area (Å²) in [6, 6.07) is 14.0. The minimum atomic E-state index is -0.413. The Balaban J connectivity index is 1.62. The molecule has 1 aromatic heterocycles. The molecule has 1 aliphatic heterocycles. The summed E-state index contributed by atoms with van der Waals surface area (Å²) in [6.07, 6.45) is 1.66. The number of benzene rings is 2. The van der Waals surface area contributed by atoms with Gasteiger partial charge in [-0.05, 0) is 62.2 Å². The molecule has 0 aliphatic carbocycles. The lowest BCUT2D eigenvalue weighted by Crippen LogP contribution is -2.30. The lowest BCUT2D eigenvalue weighted by molar-refractivity contribution is 0.0923. The van der Waals surface area contributed by atoms with Crippen LogP contribution in [0.5, 0.6) is 0 Å². The zero-order valence-corrected chi connectivity index (χ0v) is 17.0. The topological polar surface area (TPSA) is 79.4 Å². The van der Waals surface area contributed by atoms with Crippen molar-refractivity contribution in [3.8, 4) is 0 Å². The first-order valence-electron chi connectivity index (χ1n) is 9.65. The van der Waals surface area contributed by atoms with E-state index in [-0.39, 0.29) is 23.9 Å². The van der Waals surface area contributed by atoms with Crippen LogP contribution in [0.15, 0.2) is 54.7 Å². The maximum Gasteiger partial charge on any atom is 0.266 e. The molecule has 6 heteroatoms. The third-order valence-electron chi connectivity index (χ3n) is 5.16.